The van der Waals surface area contributed by atoms with Crippen molar-refractivity contribution >= 4 is 0 Å². The van der Waals surface area contributed by atoms with E-state index >= 15 is 0 Å². The molecule has 0 saturated carbocycles. The molecule has 1 N–H and O–H groups in total. The first-order valence-corrected chi connectivity index (χ1v) is 7.40. The summed E-state index contributed by atoms with van der Waals surface area (Å²) in [4.78, 5) is 0. The second-order valence-electron chi connectivity index (χ2n) is 5.03. The largest absolute Gasteiger partial charge is 0.493 e. The van der Waals surface area contributed by atoms with Crippen LogP contribution in [0.1, 0.15) is 25.8 Å². The van der Waals surface area contributed by atoms with Gasteiger partial charge in [0.05, 0.1) is 13.2 Å². The fourth-order valence-corrected chi connectivity index (χ4v) is 1.72. The molecule has 0 saturated heterocycles. The lowest BCUT2D eigenvalue weighted by atomic mass is 10.2. The van der Waals surface area contributed by atoms with Gasteiger partial charge in [-0.2, -0.15) is 0 Å². The predicted octanol–water partition coefficient (Wildman–Crippen LogP) is 3.17. The average molecular weight is 293 g/mol. The Hall–Kier alpha value is -1.52. The lowest BCUT2D eigenvalue weighted by molar-refractivity contribution is 0.199. The monoisotopic (exact) mass is 293 g/mol. The van der Waals surface area contributed by atoms with Crippen LogP contribution in [0.15, 0.2) is 30.4 Å². The number of benzene rings is 1. The molecule has 0 spiro atoms. The van der Waals surface area contributed by atoms with Gasteiger partial charge in [0.25, 0.3) is 0 Å². The van der Waals surface area contributed by atoms with Crippen molar-refractivity contribution in [2.24, 2.45) is 0 Å². The average Bonchev–Trinajstić information content (AvgIpc) is 2.48. The molecule has 1 aromatic carbocycles. The van der Waals surface area contributed by atoms with Crippen molar-refractivity contribution in [3.05, 3.63) is 35.9 Å². The molecule has 0 aliphatic rings. The fraction of sp³-hybridized carbons (Fsp3) is 0.529. The second-order valence-corrected chi connectivity index (χ2v) is 5.03. The summed E-state index contributed by atoms with van der Waals surface area (Å²) in [5.74, 6) is 1.69. The molecule has 0 amide bonds. The zero-order valence-corrected chi connectivity index (χ0v) is 13.4. The van der Waals surface area contributed by atoms with Gasteiger partial charge >= 0.3 is 0 Å². The number of ether oxygens (including phenoxy) is 3. The second kappa shape index (κ2) is 10.2. The Morgan fingerprint density at radius 3 is 2.71 bits per heavy atom. The van der Waals surface area contributed by atoms with Gasteiger partial charge in [0, 0.05) is 31.8 Å². The van der Waals surface area contributed by atoms with Crippen LogP contribution >= 0.6 is 0 Å². The summed E-state index contributed by atoms with van der Waals surface area (Å²) in [5, 5.41) is 3.33. The lowest BCUT2D eigenvalue weighted by Crippen LogP contribution is -2.19. The highest BCUT2D eigenvalue weighted by Crippen LogP contribution is 2.25. The highest BCUT2D eigenvalue weighted by Gasteiger charge is 2.06. The van der Waals surface area contributed by atoms with Gasteiger partial charge in [-0.15, -0.1) is 0 Å². The van der Waals surface area contributed by atoms with Gasteiger partial charge in [-0.05, 0) is 25.0 Å². The summed E-state index contributed by atoms with van der Waals surface area (Å²) in [5.41, 5.74) is 2.10. The van der Waals surface area contributed by atoms with Crippen LogP contribution in [0.4, 0.5) is 0 Å². The molecule has 1 aromatic rings. The van der Waals surface area contributed by atoms with E-state index in [0.717, 1.165) is 42.1 Å². The molecule has 0 unspecified atom stereocenters. The van der Waals surface area contributed by atoms with Gasteiger partial charge in [0.2, 0.25) is 0 Å². The Morgan fingerprint density at radius 1 is 1.24 bits per heavy atom. The molecule has 4 heteroatoms. The quantitative estimate of drug-likeness (QED) is 0.502. The number of nitrogens with one attached hydrogen (secondary N) is 1. The molecule has 0 aromatic heterocycles. The Kier molecular flexibility index (Phi) is 8.55. The molecule has 0 aliphatic heterocycles. The molecule has 1 rings (SSSR count). The maximum atomic E-state index is 5.83. The first kappa shape index (κ1) is 17.5. The summed E-state index contributed by atoms with van der Waals surface area (Å²) < 4.78 is 16.5. The molecule has 0 heterocycles. The molecule has 0 aliphatic carbocycles. The minimum absolute atomic E-state index is 0.516. The molecule has 21 heavy (non-hydrogen) atoms. The zero-order valence-electron chi connectivity index (χ0n) is 13.4. The van der Waals surface area contributed by atoms with Crippen molar-refractivity contribution in [3.63, 3.8) is 0 Å². The minimum atomic E-state index is 0.516. The first-order chi connectivity index (χ1) is 10.2. The van der Waals surface area contributed by atoms with Crippen LogP contribution in [0.3, 0.4) is 0 Å². The van der Waals surface area contributed by atoms with Crippen molar-refractivity contribution in [1.29, 1.82) is 0 Å². The van der Waals surface area contributed by atoms with Gasteiger partial charge < -0.3 is 19.5 Å². The van der Waals surface area contributed by atoms with E-state index in [1.165, 1.54) is 0 Å². The topological polar surface area (TPSA) is 39.7 Å². The van der Waals surface area contributed by atoms with Gasteiger partial charge in [-0.1, -0.05) is 19.6 Å². The zero-order chi connectivity index (χ0) is 15.5. The molecule has 0 radical (unpaired) electrons. The Labute approximate surface area is 128 Å². The Bertz CT molecular complexity index is 432. The van der Waals surface area contributed by atoms with Gasteiger partial charge in [-0.3, -0.25) is 0 Å². The third kappa shape index (κ3) is 7.16. The summed E-state index contributed by atoms with van der Waals surface area (Å²) in [6.07, 6.45) is 0.988. The summed E-state index contributed by atoms with van der Waals surface area (Å²) >= 11 is 0. The molecule has 0 bridgehead atoms. The Balaban J connectivity index is 2.70. The van der Waals surface area contributed by atoms with E-state index in [0.29, 0.717) is 19.8 Å². The maximum Gasteiger partial charge on any atom is 0.127 e. The van der Waals surface area contributed by atoms with Crippen molar-refractivity contribution in [3.8, 4) is 11.5 Å². The van der Waals surface area contributed by atoms with Crippen LogP contribution in [0.2, 0.25) is 0 Å². The normalized spacial score (nSPS) is 10.4. The van der Waals surface area contributed by atoms with Crippen molar-refractivity contribution < 1.29 is 14.2 Å². The third-order valence-electron chi connectivity index (χ3n) is 2.78. The van der Waals surface area contributed by atoms with E-state index in [-0.39, 0.29) is 0 Å². The van der Waals surface area contributed by atoms with Gasteiger partial charge in [0.15, 0.2) is 0 Å². The Morgan fingerprint density at radius 2 is 2.05 bits per heavy atom. The van der Waals surface area contributed by atoms with Crippen molar-refractivity contribution in [2.75, 3.05) is 33.5 Å². The molecule has 4 nitrogen and oxygen atoms in total. The van der Waals surface area contributed by atoms with Crippen LogP contribution < -0.4 is 14.8 Å². The van der Waals surface area contributed by atoms with Crippen LogP contribution in [0.25, 0.3) is 0 Å². The van der Waals surface area contributed by atoms with E-state index < -0.39 is 0 Å². The maximum absolute atomic E-state index is 5.83. The third-order valence-corrected chi connectivity index (χ3v) is 2.78. The summed E-state index contributed by atoms with van der Waals surface area (Å²) in [6.45, 7) is 11.4. The molecule has 118 valence electrons. The standard InChI is InChI=1S/C17H27NO3/c1-5-9-20-16-7-6-15(12-18-8-10-19-4)17(11-16)21-13-14(2)3/h6-7,11,18H,2,5,8-10,12-13H2,1,3-4H3. The van der Waals surface area contributed by atoms with Gasteiger partial charge in [-0.25, -0.2) is 0 Å². The van der Waals surface area contributed by atoms with Gasteiger partial charge in [0.1, 0.15) is 18.1 Å². The van der Waals surface area contributed by atoms with Crippen LogP contribution in [-0.2, 0) is 11.3 Å². The van der Waals surface area contributed by atoms with Crippen LogP contribution in [-0.4, -0.2) is 33.5 Å². The molecular formula is C17H27NO3. The number of rotatable bonds is 11. The molecular weight excluding hydrogens is 266 g/mol. The predicted molar refractivity (Wildman–Crippen MR) is 86.1 cm³/mol. The van der Waals surface area contributed by atoms with Crippen molar-refractivity contribution in [1.82, 2.24) is 5.32 Å². The van der Waals surface area contributed by atoms with E-state index in [1.54, 1.807) is 7.11 Å². The van der Waals surface area contributed by atoms with Crippen molar-refractivity contribution in [2.45, 2.75) is 26.8 Å². The highest BCUT2D eigenvalue weighted by atomic mass is 16.5. The summed E-state index contributed by atoms with van der Waals surface area (Å²) in [7, 11) is 1.70. The van der Waals surface area contributed by atoms with E-state index in [2.05, 4.69) is 18.8 Å². The number of hydrogen-bond donors (Lipinski definition) is 1. The fourth-order valence-electron chi connectivity index (χ4n) is 1.72. The minimum Gasteiger partial charge on any atom is -0.493 e. The first-order valence-electron chi connectivity index (χ1n) is 7.40. The highest BCUT2D eigenvalue weighted by molar-refractivity contribution is 5.41. The van der Waals surface area contributed by atoms with E-state index in [1.807, 2.05) is 25.1 Å². The molecule has 0 atom stereocenters. The summed E-state index contributed by atoms with van der Waals surface area (Å²) in [6, 6.07) is 5.97. The van der Waals surface area contributed by atoms with Crippen LogP contribution in [0.5, 0.6) is 11.5 Å². The van der Waals surface area contributed by atoms with E-state index in [4.69, 9.17) is 14.2 Å². The SMILES string of the molecule is C=C(C)COc1cc(OCCC)ccc1CNCCOC. The number of hydrogen-bond acceptors (Lipinski definition) is 4. The smallest absolute Gasteiger partial charge is 0.127 e. The van der Waals surface area contributed by atoms with E-state index in [9.17, 15) is 0 Å². The number of methoxy groups -OCH3 is 1. The molecule has 0 fully saturated rings. The van der Waals surface area contributed by atoms with Crippen LogP contribution in [0, 0.1) is 0 Å². The lowest BCUT2D eigenvalue weighted by Gasteiger charge is -2.14.